The number of hydrogen-bond donors (Lipinski definition) is 1. The van der Waals surface area contributed by atoms with E-state index < -0.39 is 0 Å². The number of piperidine rings is 1. The molecule has 7 nitrogen and oxygen atoms in total. The monoisotopic (exact) mass is 343 g/mol. The molecule has 1 saturated heterocycles. The second-order valence-electron chi connectivity index (χ2n) is 6.37. The number of methoxy groups -OCH3 is 1. The molecule has 0 radical (unpaired) electrons. The van der Waals surface area contributed by atoms with Crippen LogP contribution in [0.2, 0.25) is 0 Å². The largest absolute Gasteiger partial charge is 0.384 e. The van der Waals surface area contributed by atoms with Gasteiger partial charge in [-0.05, 0) is 30.9 Å². The molecule has 2 aromatic heterocycles. The van der Waals surface area contributed by atoms with Crippen LogP contribution in [0.4, 0.5) is 5.82 Å². The highest BCUT2D eigenvalue weighted by Gasteiger charge is 2.27. The molecule has 2 aromatic rings. The molecule has 1 aliphatic rings. The Morgan fingerprint density at radius 2 is 2.40 bits per heavy atom. The van der Waals surface area contributed by atoms with Gasteiger partial charge in [-0.1, -0.05) is 6.58 Å². The van der Waals surface area contributed by atoms with Crippen LogP contribution in [0.3, 0.4) is 0 Å². The topological polar surface area (TPSA) is 74.4 Å². The quantitative estimate of drug-likeness (QED) is 0.809. The van der Waals surface area contributed by atoms with Crippen molar-refractivity contribution in [3.05, 3.63) is 30.7 Å². The van der Waals surface area contributed by atoms with Crippen molar-refractivity contribution in [3.8, 4) is 0 Å². The van der Waals surface area contributed by atoms with Crippen molar-refractivity contribution in [2.24, 2.45) is 0 Å². The van der Waals surface area contributed by atoms with E-state index in [9.17, 15) is 4.79 Å². The van der Waals surface area contributed by atoms with Crippen LogP contribution in [-0.4, -0.2) is 65.7 Å². The summed E-state index contributed by atoms with van der Waals surface area (Å²) in [6, 6.07) is 0.223. The number of carbonyl (C=O) groups excluding carboxylic acids is 1. The maximum absolute atomic E-state index is 12.0. The number of amides is 1. The van der Waals surface area contributed by atoms with E-state index in [2.05, 4.69) is 26.4 Å². The van der Waals surface area contributed by atoms with Crippen LogP contribution in [-0.2, 0) is 16.0 Å². The summed E-state index contributed by atoms with van der Waals surface area (Å²) in [6.07, 6.45) is 7.76. The van der Waals surface area contributed by atoms with Crippen molar-refractivity contribution in [3.63, 3.8) is 0 Å². The fraction of sp³-hybridized carbons (Fsp3) is 0.500. The molecule has 1 amide bonds. The van der Waals surface area contributed by atoms with E-state index in [-0.39, 0.29) is 11.9 Å². The lowest BCUT2D eigenvalue weighted by Crippen LogP contribution is -2.48. The van der Waals surface area contributed by atoms with E-state index in [4.69, 9.17) is 4.74 Å². The third kappa shape index (κ3) is 3.51. The Balaban J connectivity index is 1.88. The van der Waals surface area contributed by atoms with Gasteiger partial charge in [0.25, 0.3) is 0 Å². The Bertz CT molecular complexity index is 757. The molecule has 3 rings (SSSR count). The molecular weight excluding hydrogens is 318 g/mol. The lowest BCUT2D eigenvalue weighted by atomic mass is 10.0. The number of fused-ring (bicyclic) bond motifs is 1. The molecule has 0 aromatic carbocycles. The van der Waals surface area contributed by atoms with Gasteiger partial charge in [0, 0.05) is 39.5 Å². The first-order valence-electron chi connectivity index (χ1n) is 8.59. The number of anilines is 1. The molecule has 25 heavy (non-hydrogen) atoms. The molecule has 0 spiro atoms. The maximum Gasteiger partial charge on any atom is 0.246 e. The standard InChI is InChI=1S/C18H25N5O2/c1-4-15(24)23-8-5-6-14(11-23)22(2)18-16-13(7-9-25-3)10-19-17(16)20-12-21-18/h4,10,12,14H,1,5-9,11H2,2-3H3,(H,19,20,21)/t14-/m1/s1. The van der Waals surface area contributed by atoms with Gasteiger partial charge < -0.3 is 19.5 Å². The summed E-state index contributed by atoms with van der Waals surface area (Å²) in [5.74, 6) is 0.892. The van der Waals surface area contributed by atoms with Crippen LogP contribution in [0, 0.1) is 0 Å². The van der Waals surface area contributed by atoms with E-state index in [0.29, 0.717) is 13.2 Å². The van der Waals surface area contributed by atoms with Gasteiger partial charge in [0.2, 0.25) is 5.91 Å². The Hall–Kier alpha value is -2.41. The Morgan fingerprint density at radius 3 is 3.16 bits per heavy atom. The van der Waals surface area contributed by atoms with Crippen molar-refractivity contribution in [2.75, 3.05) is 38.8 Å². The third-order valence-corrected chi connectivity index (χ3v) is 4.87. The minimum Gasteiger partial charge on any atom is -0.384 e. The Labute approximate surface area is 147 Å². The SMILES string of the molecule is C=CC(=O)N1CCC[C@@H](N(C)c2ncnc3[nH]cc(CCOC)c23)C1. The van der Waals surface area contributed by atoms with Crippen LogP contribution < -0.4 is 4.90 Å². The van der Waals surface area contributed by atoms with Gasteiger partial charge in [0.15, 0.2) is 0 Å². The second kappa shape index (κ2) is 7.65. The Morgan fingerprint density at radius 1 is 1.56 bits per heavy atom. The van der Waals surface area contributed by atoms with E-state index >= 15 is 0 Å². The number of likely N-dealkylation sites (tertiary alicyclic amines) is 1. The van der Waals surface area contributed by atoms with Crippen molar-refractivity contribution in [1.29, 1.82) is 0 Å². The molecule has 1 N–H and O–H groups in total. The van der Waals surface area contributed by atoms with Crippen LogP contribution in [0.15, 0.2) is 25.2 Å². The average molecular weight is 343 g/mol. The first kappa shape index (κ1) is 17.4. The molecule has 134 valence electrons. The van der Waals surface area contributed by atoms with Gasteiger partial charge in [0.1, 0.15) is 17.8 Å². The van der Waals surface area contributed by atoms with Crippen molar-refractivity contribution in [1.82, 2.24) is 19.9 Å². The molecule has 0 unspecified atom stereocenters. The smallest absolute Gasteiger partial charge is 0.246 e. The molecule has 1 fully saturated rings. The molecule has 0 bridgehead atoms. The summed E-state index contributed by atoms with van der Waals surface area (Å²) < 4.78 is 5.21. The van der Waals surface area contributed by atoms with Gasteiger partial charge in [-0.15, -0.1) is 0 Å². The van der Waals surface area contributed by atoms with Crippen molar-refractivity contribution >= 4 is 22.8 Å². The fourth-order valence-corrected chi connectivity index (χ4v) is 3.46. The molecule has 0 aliphatic carbocycles. The summed E-state index contributed by atoms with van der Waals surface area (Å²) in [5, 5.41) is 1.04. The summed E-state index contributed by atoms with van der Waals surface area (Å²) in [5.41, 5.74) is 1.98. The number of H-pyrrole nitrogens is 1. The van der Waals surface area contributed by atoms with Crippen molar-refractivity contribution < 1.29 is 9.53 Å². The van der Waals surface area contributed by atoms with Gasteiger partial charge in [-0.25, -0.2) is 9.97 Å². The molecular formula is C18H25N5O2. The van der Waals surface area contributed by atoms with E-state index in [0.717, 1.165) is 48.2 Å². The van der Waals surface area contributed by atoms with E-state index in [1.54, 1.807) is 13.4 Å². The van der Waals surface area contributed by atoms with Crippen LogP contribution in [0.5, 0.6) is 0 Å². The highest BCUT2D eigenvalue weighted by Crippen LogP contribution is 2.29. The molecule has 0 saturated carbocycles. The fourth-order valence-electron chi connectivity index (χ4n) is 3.46. The average Bonchev–Trinajstić information content (AvgIpc) is 3.08. The van der Waals surface area contributed by atoms with Gasteiger partial charge in [0.05, 0.1) is 12.0 Å². The van der Waals surface area contributed by atoms with Crippen molar-refractivity contribution in [2.45, 2.75) is 25.3 Å². The van der Waals surface area contributed by atoms with Crippen LogP contribution >= 0.6 is 0 Å². The van der Waals surface area contributed by atoms with Crippen LogP contribution in [0.1, 0.15) is 18.4 Å². The zero-order chi connectivity index (χ0) is 17.8. The zero-order valence-electron chi connectivity index (χ0n) is 14.9. The lowest BCUT2D eigenvalue weighted by Gasteiger charge is -2.38. The predicted molar refractivity (Wildman–Crippen MR) is 97.7 cm³/mol. The number of aromatic amines is 1. The number of hydrogen-bond acceptors (Lipinski definition) is 5. The molecule has 1 aliphatic heterocycles. The predicted octanol–water partition coefficient (Wildman–Crippen LogP) is 1.76. The number of nitrogens with zero attached hydrogens (tertiary/aromatic N) is 4. The Kier molecular flexibility index (Phi) is 5.33. The second-order valence-corrected chi connectivity index (χ2v) is 6.37. The molecule has 7 heteroatoms. The summed E-state index contributed by atoms with van der Waals surface area (Å²) in [7, 11) is 3.74. The van der Waals surface area contributed by atoms with Gasteiger partial charge in [-0.3, -0.25) is 4.79 Å². The third-order valence-electron chi connectivity index (χ3n) is 4.87. The highest BCUT2D eigenvalue weighted by atomic mass is 16.5. The van der Waals surface area contributed by atoms with E-state index in [1.807, 2.05) is 18.1 Å². The molecule has 1 atom stereocenters. The van der Waals surface area contributed by atoms with Gasteiger partial charge >= 0.3 is 0 Å². The minimum atomic E-state index is -0.00615. The lowest BCUT2D eigenvalue weighted by molar-refractivity contribution is -0.127. The number of aromatic nitrogens is 3. The minimum absolute atomic E-state index is 0.00615. The summed E-state index contributed by atoms with van der Waals surface area (Å²) in [4.78, 5) is 28.1. The highest BCUT2D eigenvalue weighted by molar-refractivity contribution is 5.91. The molecule has 3 heterocycles. The number of carbonyl (C=O) groups is 1. The number of likely N-dealkylation sites (N-methyl/N-ethyl adjacent to an activating group) is 1. The maximum atomic E-state index is 12.0. The number of rotatable bonds is 6. The first-order chi connectivity index (χ1) is 12.2. The summed E-state index contributed by atoms with van der Waals surface area (Å²) >= 11 is 0. The number of nitrogens with one attached hydrogen (secondary N) is 1. The summed E-state index contributed by atoms with van der Waals surface area (Å²) in [6.45, 7) is 5.72. The first-order valence-corrected chi connectivity index (χ1v) is 8.59. The van der Waals surface area contributed by atoms with E-state index in [1.165, 1.54) is 6.08 Å². The number of ether oxygens (including phenoxy) is 1. The zero-order valence-corrected chi connectivity index (χ0v) is 14.9. The van der Waals surface area contributed by atoms with Crippen LogP contribution in [0.25, 0.3) is 11.0 Å². The van der Waals surface area contributed by atoms with Gasteiger partial charge in [-0.2, -0.15) is 0 Å². The normalized spacial score (nSPS) is 17.7.